The molecule has 1 heterocycles. The summed E-state index contributed by atoms with van der Waals surface area (Å²) in [6.45, 7) is 0. The molecule has 1 aromatic heterocycles. The third kappa shape index (κ3) is 5.95. The van der Waals surface area contributed by atoms with Gasteiger partial charge in [-0.05, 0) is 31.0 Å². The molecule has 32 heavy (non-hydrogen) atoms. The number of alkyl halides is 3. The number of halogens is 8. The summed E-state index contributed by atoms with van der Waals surface area (Å²) in [5.41, 5.74) is 1.27. The van der Waals surface area contributed by atoms with Gasteiger partial charge in [0.15, 0.2) is 5.82 Å². The molecule has 176 valence electrons. The molecule has 1 fully saturated rings. The fourth-order valence-corrected chi connectivity index (χ4v) is 3.05. The lowest BCUT2D eigenvalue weighted by Crippen LogP contribution is -2.41. The van der Waals surface area contributed by atoms with Crippen molar-refractivity contribution in [2.75, 3.05) is 0 Å². The van der Waals surface area contributed by atoms with Crippen LogP contribution in [0.25, 0.3) is 17.6 Å². The lowest BCUT2D eigenvalue weighted by atomic mass is 10.1. The van der Waals surface area contributed by atoms with Crippen molar-refractivity contribution in [3.63, 3.8) is 0 Å². The summed E-state index contributed by atoms with van der Waals surface area (Å²) in [4.78, 5) is 23.8. The fourth-order valence-electron chi connectivity index (χ4n) is 2.35. The Balaban J connectivity index is 1.84. The number of carbonyl (C=O) groups is 2. The van der Waals surface area contributed by atoms with Crippen LogP contribution in [0.15, 0.2) is 35.5 Å². The maximum atomic E-state index is 13.1. The predicted molar refractivity (Wildman–Crippen MR) is 96.2 cm³/mol. The van der Waals surface area contributed by atoms with Crippen LogP contribution in [-0.4, -0.2) is 26.6 Å². The monoisotopic (exact) mass is 491 g/mol. The average Bonchev–Trinajstić information content (AvgIpc) is 3.39. The number of aromatic nitrogens is 3. The number of benzene rings is 1. The van der Waals surface area contributed by atoms with Crippen molar-refractivity contribution >= 4 is 28.2 Å². The Bertz CT molecular complexity index is 1110. The van der Waals surface area contributed by atoms with Crippen molar-refractivity contribution in [3.05, 3.63) is 36.2 Å². The molecule has 3 rings (SSSR count). The number of nitrogens with one attached hydrogen (secondary N) is 2. The first-order chi connectivity index (χ1) is 14.4. The lowest BCUT2D eigenvalue weighted by Gasteiger charge is -2.40. The summed E-state index contributed by atoms with van der Waals surface area (Å²) >= 11 is 0. The zero-order valence-corrected chi connectivity index (χ0v) is 16.4. The zero-order valence-electron chi connectivity index (χ0n) is 15.5. The first-order valence-corrected chi connectivity index (χ1v) is 10.5. The number of amides is 2. The minimum absolute atomic E-state index is 0.180. The van der Waals surface area contributed by atoms with Crippen molar-refractivity contribution in [1.29, 1.82) is 0 Å². The number of carbonyl (C=O) groups excluding carboxylic acids is 2. The van der Waals surface area contributed by atoms with E-state index in [1.165, 1.54) is 0 Å². The van der Waals surface area contributed by atoms with Crippen LogP contribution < -0.4 is 10.9 Å². The van der Waals surface area contributed by atoms with Gasteiger partial charge in [-0.2, -0.15) is 13.2 Å². The smallest absolute Gasteiger partial charge is 0.273 e. The normalized spacial score (nSPS) is 17.0. The third-order valence-corrected chi connectivity index (χ3v) is 5.21. The summed E-state index contributed by atoms with van der Waals surface area (Å²) in [5, 5.41) is 3.56. The standard InChI is InChI=1S/C16H13F8N5O2S/c17-16(18,19)11-5-10(6-12(7-11)32(20,21,22,23)24)14-25-8-29(28-14)4-3-13(30)26-27-15(31)9-1-2-9/h3-9H,1-2H2,(H,26,30)(H,27,31)/b4-3-. The first-order valence-electron chi connectivity index (χ1n) is 8.58. The highest BCUT2D eigenvalue weighted by molar-refractivity contribution is 8.45. The van der Waals surface area contributed by atoms with Crippen molar-refractivity contribution in [2.45, 2.75) is 23.9 Å². The van der Waals surface area contributed by atoms with Crippen molar-refractivity contribution in [1.82, 2.24) is 25.6 Å². The molecule has 0 bridgehead atoms. The Morgan fingerprint density at radius 3 is 2.28 bits per heavy atom. The molecule has 0 aliphatic heterocycles. The molecule has 1 saturated carbocycles. The van der Waals surface area contributed by atoms with E-state index in [0.717, 1.165) is 23.3 Å². The van der Waals surface area contributed by atoms with E-state index in [9.17, 15) is 42.2 Å². The Morgan fingerprint density at radius 2 is 1.72 bits per heavy atom. The van der Waals surface area contributed by atoms with E-state index in [4.69, 9.17) is 0 Å². The fraction of sp³-hybridized carbons (Fsp3) is 0.250. The minimum Gasteiger partial charge on any atom is -0.273 e. The largest absolute Gasteiger partial charge is 0.416 e. The highest BCUT2D eigenvalue weighted by atomic mass is 32.5. The van der Waals surface area contributed by atoms with E-state index in [1.54, 1.807) is 0 Å². The van der Waals surface area contributed by atoms with Gasteiger partial charge < -0.3 is 0 Å². The SMILES string of the molecule is O=C(/C=C\n1cnc(-c2cc(C(F)(F)F)cc(S(F)(F)(F)(F)F)c2)n1)NNC(=O)C1CC1. The van der Waals surface area contributed by atoms with Gasteiger partial charge in [0.2, 0.25) is 5.91 Å². The molecule has 0 spiro atoms. The number of rotatable bonds is 5. The highest BCUT2D eigenvalue weighted by Gasteiger charge is 2.66. The second-order valence-corrected chi connectivity index (χ2v) is 9.24. The molecule has 2 amide bonds. The number of hydrogen-bond acceptors (Lipinski definition) is 4. The third-order valence-electron chi connectivity index (χ3n) is 4.08. The Labute approximate surface area is 174 Å². The Morgan fingerprint density at radius 1 is 1.06 bits per heavy atom. The summed E-state index contributed by atoms with van der Waals surface area (Å²) in [5.74, 6) is -2.12. The summed E-state index contributed by atoms with van der Waals surface area (Å²) in [6, 6.07) is -0.668. The highest BCUT2D eigenvalue weighted by Crippen LogP contribution is 3.02. The summed E-state index contributed by atoms with van der Waals surface area (Å²) in [6.07, 6.45) is -1.39. The molecule has 0 atom stereocenters. The van der Waals surface area contributed by atoms with Crippen LogP contribution in [0.5, 0.6) is 0 Å². The second-order valence-electron chi connectivity index (χ2n) is 6.83. The molecule has 1 aromatic carbocycles. The molecule has 1 aliphatic carbocycles. The van der Waals surface area contributed by atoms with Crippen LogP contribution in [0.4, 0.5) is 32.6 Å². The van der Waals surface area contributed by atoms with E-state index in [0.29, 0.717) is 12.8 Å². The van der Waals surface area contributed by atoms with E-state index in [-0.39, 0.29) is 24.0 Å². The van der Waals surface area contributed by atoms with Gasteiger partial charge in [0, 0.05) is 23.8 Å². The van der Waals surface area contributed by atoms with Crippen molar-refractivity contribution < 1.29 is 42.2 Å². The van der Waals surface area contributed by atoms with E-state index in [2.05, 4.69) is 20.9 Å². The lowest BCUT2D eigenvalue weighted by molar-refractivity contribution is -0.137. The maximum Gasteiger partial charge on any atom is 0.416 e. The number of hydrazine groups is 1. The second kappa shape index (κ2) is 6.91. The Kier molecular flexibility index (Phi) is 5.08. The molecular weight excluding hydrogens is 478 g/mol. The number of nitrogens with zero attached hydrogens (tertiary/aromatic N) is 3. The Hall–Kier alpha value is -3.17. The van der Waals surface area contributed by atoms with Crippen LogP contribution in [-0.2, 0) is 15.8 Å². The van der Waals surface area contributed by atoms with Gasteiger partial charge in [-0.15, -0.1) is 5.10 Å². The molecule has 2 aromatic rings. The summed E-state index contributed by atoms with van der Waals surface area (Å²) < 4.78 is 105. The van der Waals surface area contributed by atoms with Gasteiger partial charge in [-0.25, -0.2) is 9.67 Å². The first kappa shape index (κ1) is 23.5. The molecule has 1 aliphatic rings. The van der Waals surface area contributed by atoms with Crippen LogP contribution in [0.1, 0.15) is 18.4 Å². The molecule has 7 nitrogen and oxygen atoms in total. The van der Waals surface area contributed by atoms with E-state index < -0.39 is 50.2 Å². The average molecular weight is 491 g/mol. The van der Waals surface area contributed by atoms with Crippen LogP contribution in [0.2, 0.25) is 0 Å². The van der Waals surface area contributed by atoms with Gasteiger partial charge in [-0.3, -0.25) is 20.4 Å². The van der Waals surface area contributed by atoms with Crippen LogP contribution >= 0.6 is 10.2 Å². The zero-order chi connectivity index (χ0) is 24.0. The van der Waals surface area contributed by atoms with E-state index in [1.807, 2.05) is 0 Å². The van der Waals surface area contributed by atoms with Gasteiger partial charge in [0.25, 0.3) is 5.91 Å². The number of hydrogen-bond donors (Lipinski definition) is 2. The quantitative estimate of drug-likeness (QED) is 0.362. The molecule has 16 heteroatoms. The van der Waals surface area contributed by atoms with Gasteiger partial charge in [0.05, 0.1) is 5.56 Å². The molecular formula is C16H13F8N5O2S. The molecule has 0 saturated heterocycles. The van der Waals surface area contributed by atoms with Gasteiger partial charge >= 0.3 is 16.4 Å². The minimum atomic E-state index is -10.4. The topological polar surface area (TPSA) is 88.9 Å². The van der Waals surface area contributed by atoms with Gasteiger partial charge in [-0.1, -0.05) is 19.4 Å². The van der Waals surface area contributed by atoms with Crippen molar-refractivity contribution in [2.24, 2.45) is 5.92 Å². The molecule has 0 radical (unpaired) electrons. The van der Waals surface area contributed by atoms with Gasteiger partial charge in [0.1, 0.15) is 11.2 Å². The molecule has 0 unspecified atom stereocenters. The maximum absolute atomic E-state index is 13.1. The van der Waals surface area contributed by atoms with E-state index >= 15 is 0 Å². The van der Waals surface area contributed by atoms with Crippen molar-refractivity contribution in [3.8, 4) is 11.4 Å². The summed E-state index contributed by atoms with van der Waals surface area (Å²) in [7, 11) is -10.4. The van der Waals surface area contributed by atoms with Crippen LogP contribution in [0.3, 0.4) is 0 Å². The predicted octanol–water partition coefficient (Wildman–Crippen LogP) is 4.65. The van der Waals surface area contributed by atoms with Crippen LogP contribution in [0, 0.1) is 5.92 Å². The molecule has 2 N–H and O–H groups in total.